The molecule has 0 aliphatic rings. The topological polar surface area (TPSA) is 96.0 Å². The van der Waals surface area contributed by atoms with Crippen LogP contribution in [0.5, 0.6) is 5.75 Å². The number of sulfonamides is 1. The van der Waals surface area contributed by atoms with Crippen LogP contribution >= 0.6 is 11.6 Å². The lowest BCUT2D eigenvalue weighted by atomic mass is 10.1. The van der Waals surface area contributed by atoms with E-state index >= 15 is 0 Å². The van der Waals surface area contributed by atoms with Gasteiger partial charge in [0.2, 0.25) is 11.8 Å². The average molecular weight is 600 g/mol. The van der Waals surface area contributed by atoms with E-state index in [9.17, 15) is 18.0 Å². The van der Waals surface area contributed by atoms with Crippen LogP contribution in [0.15, 0.2) is 77.7 Å². The molecule has 2 amide bonds. The molecule has 0 saturated carbocycles. The lowest BCUT2D eigenvalue weighted by Crippen LogP contribution is -2.51. The summed E-state index contributed by atoms with van der Waals surface area (Å²) in [7, 11) is -4.18. The van der Waals surface area contributed by atoms with E-state index in [0.29, 0.717) is 23.9 Å². The second kappa shape index (κ2) is 14.9. The summed E-state index contributed by atoms with van der Waals surface area (Å²) in [6.45, 7) is 8.06. The van der Waals surface area contributed by atoms with Crippen LogP contribution in [0, 0.1) is 6.92 Å². The predicted octanol–water partition coefficient (Wildman–Crippen LogP) is 5.58. The molecule has 0 saturated heterocycles. The van der Waals surface area contributed by atoms with Crippen molar-refractivity contribution in [3.63, 3.8) is 0 Å². The minimum absolute atomic E-state index is 0.0147. The molecule has 0 bridgehead atoms. The van der Waals surface area contributed by atoms with Gasteiger partial charge in [-0.2, -0.15) is 0 Å². The molecule has 3 aromatic carbocycles. The van der Waals surface area contributed by atoms with Crippen LogP contribution in [0.2, 0.25) is 5.02 Å². The Balaban J connectivity index is 2.00. The molecule has 1 atom stereocenters. The van der Waals surface area contributed by atoms with Crippen molar-refractivity contribution in [3.8, 4) is 5.75 Å². The fourth-order valence-electron chi connectivity index (χ4n) is 4.26. The van der Waals surface area contributed by atoms with E-state index in [1.54, 1.807) is 31.2 Å². The van der Waals surface area contributed by atoms with E-state index < -0.39 is 28.5 Å². The van der Waals surface area contributed by atoms with Crippen LogP contribution in [-0.4, -0.2) is 50.9 Å². The number of hydrogen-bond acceptors (Lipinski definition) is 5. The van der Waals surface area contributed by atoms with Crippen molar-refractivity contribution in [2.45, 2.75) is 58.0 Å². The smallest absolute Gasteiger partial charge is 0.264 e. The lowest BCUT2D eigenvalue weighted by molar-refractivity contribution is -0.139. The molecule has 10 heteroatoms. The summed E-state index contributed by atoms with van der Waals surface area (Å²) in [5.41, 5.74) is 2.13. The summed E-state index contributed by atoms with van der Waals surface area (Å²) >= 11 is 6.01. The molecule has 0 aliphatic heterocycles. The number of nitrogens with one attached hydrogen (secondary N) is 1. The highest BCUT2D eigenvalue weighted by molar-refractivity contribution is 7.92. The molecule has 0 radical (unpaired) electrons. The largest absolute Gasteiger partial charge is 0.494 e. The standard InChI is InChI=1S/C31H38ClN3O5S/c1-5-7-19-33-31(37)24(4)34(21-25-10-8-9-23(3)20-25)30(36)22-35(27-13-15-28(16-14-27)40-6-2)41(38,39)29-17-11-26(32)12-18-29/h8-18,20,24H,5-7,19,21-22H2,1-4H3,(H,33,37)/t24-/m1/s1. The van der Waals surface area contributed by atoms with Gasteiger partial charge in [0.05, 0.1) is 17.2 Å². The number of aryl methyl sites for hydroxylation is 1. The zero-order chi connectivity index (χ0) is 30.0. The zero-order valence-electron chi connectivity index (χ0n) is 24.0. The number of anilines is 1. The van der Waals surface area contributed by atoms with Gasteiger partial charge in [-0.25, -0.2) is 8.42 Å². The maximum Gasteiger partial charge on any atom is 0.264 e. The zero-order valence-corrected chi connectivity index (χ0v) is 25.5. The third-order valence-corrected chi connectivity index (χ3v) is 8.59. The highest BCUT2D eigenvalue weighted by Gasteiger charge is 2.32. The van der Waals surface area contributed by atoms with Gasteiger partial charge in [0.25, 0.3) is 10.0 Å². The van der Waals surface area contributed by atoms with Crippen LogP contribution in [0.4, 0.5) is 5.69 Å². The van der Waals surface area contributed by atoms with Gasteiger partial charge >= 0.3 is 0 Å². The minimum atomic E-state index is -4.18. The summed E-state index contributed by atoms with van der Waals surface area (Å²) < 4.78 is 34.4. The lowest BCUT2D eigenvalue weighted by Gasteiger charge is -2.32. The number of amides is 2. The Bertz CT molecular complexity index is 1410. The Labute approximate surface area is 248 Å². The SMILES string of the molecule is CCCCNC(=O)[C@@H](C)N(Cc1cccc(C)c1)C(=O)CN(c1ccc(OCC)cc1)S(=O)(=O)c1ccc(Cl)cc1. The van der Waals surface area contributed by atoms with Gasteiger partial charge in [-0.3, -0.25) is 13.9 Å². The van der Waals surface area contributed by atoms with Crippen molar-refractivity contribution in [3.05, 3.63) is 88.9 Å². The molecule has 0 unspecified atom stereocenters. The number of benzene rings is 3. The minimum Gasteiger partial charge on any atom is -0.494 e. The third kappa shape index (κ3) is 8.71. The highest BCUT2D eigenvalue weighted by Crippen LogP contribution is 2.27. The van der Waals surface area contributed by atoms with E-state index in [1.165, 1.54) is 29.2 Å². The molecule has 220 valence electrons. The molecule has 0 spiro atoms. The first-order valence-corrected chi connectivity index (χ1v) is 15.5. The first-order chi connectivity index (χ1) is 19.6. The molecular weight excluding hydrogens is 562 g/mol. The van der Waals surface area contributed by atoms with Gasteiger partial charge in [-0.15, -0.1) is 0 Å². The summed E-state index contributed by atoms with van der Waals surface area (Å²) in [5, 5.41) is 3.28. The average Bonchev–Trinajstić information content (AvgIpc) is 2.95. The third-order valence-electron chi connectivity index (χ3n) is 6.55. The van der Waals surface area contributed by atoms with Gasteiger partial charge < -0.3 is 15.0 Å². The number of unbranched alkanes of at least 4 members (excludes halogenated alkanes) is 1. The van der Waals surface area contributed by atoms with Crippen molar-refractivity contribution in [2.24, 2.45) is 0 Å². The Hall–Kier alpha value is -3.56. The normalized spacial score (nSPS) is 11.9. The van der Waals surface area contributed by atoms with E-state index in [4.69, 9.17) is 16.3 Å². The van der Waals surface area contributed by atoms with Crippen molar-refractivity contribution in [1.82, 2.24) is 10.2 Å². The fraction of sp³-hybridized carbons (Fsp3) is 0.355. The number of ether oxygens (including phenoxy) is 1. The molecule has 0 aliphatic carbocycles. The molecule has 1 N–H and O–H groups in total. The maximum absolute atomic E-state index is 14.0. The molecular formula is C31H38ClN3O5S. The van der Waals surface area contributed by atoms with E-state index in [-0.39, 0.29) is 23.0 Å². The number of carbonyl (C=O) groups excluding carboxylic acids is 2. The molecule has 0 heterocycles. The fourth-order valence-corrected chi connectivity index (χ4v) is 5.80. The quantitative estimate of drug-likeness (QED) is 0.244. The number of hydrogen-bond donors (Lipinski definition) is 1. The molecule has 3 rings (SSSR count). The van der Waals surface area contributed by atoms with E-state index in [0.717, 1.165) is 28.3 Å². The number of nitrogens with zero attached hydrogens (tertiary/aromatic N) is 2. The van der Waals surface area contributed by atoms with E-state index in [2.05, 4.69) is 5.32 Å². The molecule has 0 aromatic heterocycles. The van der Waals surface area contributed by atoms with Crippen molar-refractivity contribution in [2.75, 3.05) is 24.0 Å². The Kier molecular flexibility index (Phi) is 11.6. The van der Waals surface area contributed by atoms with Gasteiger partial charge in [0.1, 0.15) is 18.3 Å². The Morgan fingerprint density at radius 1 is 1.00 bits per heavy atom. The summed E-state index contributed by atoms with van der Waals surface area (Å²) in [6.07, 6.45) is 1.73. The monoisotopic (exact) mass is 599 g/mol. The Morgan fingerprint density at radius 3 is 2.29 bits per heavy atom. The molecule has 3 aromatic rings. The first-order valence-electron chi connectivity index (χ1n) is 13.7. The van der Waals surface area contributed by atoms with Crippen LogP contribution in [-0.2, 0) is 26.2 Å². The van der Waals surface area contributed by atoms with Crippen molar-refractivity contribution < 1.29 is 22.7 Å². The summed E-state index contributed by atoms with van der Waals surface area (Å²) in [4.78, 5) is 28.5. The highest BCUT2D eigenvalue weighted by atomic mass is 35.5. The molecule has 41 heavy (non-hydrogen) atoms. The maximum atomic E-state index is 14.0. The predicted molar refractivity (Wildman–Crippen MR) is 163 cm³/mol. The van der Waals surface area contributed by atoms with Crippen LogP contribution in [0.3, 0.4) is 0 Å². The second-order valence-corrected chi connectivity index (χ2v) is 12.0. The van der Waals surface area contributed by atoms with E-state index in [1.807, 2.05) is 45.0 Å². The summed E-state index contributed by atoms with van der Waals surface area (Å²) in [5.74, 6) is -0.242. The van der Waals surface area contributed by atoms with Gasteiger partial charge in [-0.05, 0) is 81.3 Å². The Morgan fingerprint density at radius 2 is 1.68 bits per heavy atom. The molecule has 8 nitrogen and oxygen atoms in total. The van der Waals surface area contributed by atoms with Crippen LogP contribution in [0.1, 0.15) is 44.7 Å². The van der Waals surface area contributed by atoms with Gasteiger partial charge in [0, 0.05) is 18.1 Å². The summed E-state index contributed by atoms with van der Waals surface area (Å²) in [6, 6.07) is 19.1. The van der Waals surface area contributed by atoms with Crippen molar-refractivity contribution in [1.29, 1.82) is 0 Å². The van der Waals surface area contributed by atoms with Crippen molar-refractivity contribution >= 4 is 39.1 Å². The van der Waals surface area contributed by atoms with Gasteiger partial charge in [-0.1, -0.05) is 54.8 Å². The molecule has 0 fully saturated rings. The van der Waals surface area contributed by atoms with Crippen LogP contribution < -0.4 is 14.4 Å². The van der Waals surface area contributed by atoms with Gasteiger partial charge in [0.15, 0.2) is 0 Å². The first kappa shape index (κ1) is 32.0. The van der Waals surface area contributed by atoms with Crippen LogP contribution in [0.25, 0.3) is 0 Å². The number of rotatable bonds is 14. The second-order valence-electron chi connectivity index (χ2n) is 9.72. The number of halogens is 1. The number of carbonyl (C=O) groups is 2.